The quantitative estimate of drug-likeness (QED) is 0.611. The molecule has 1 saturated carbocycles. The Labute approximate surface area is 120 Å². The molecule has 3 atom stereocenters. The van der Waals surface area contributed by atoms with Crippen LogP contribution in [0.3, 0.4) is 0 Å². The normalized spacial score (nSPS) is 26.3. The lowest BCUT2D eigenvalue weighted by Gasteiger charge is -2.34. The van der Waals surface area contributed by atoms with E-state index in [1.54, 1.807) is 6.33 Å². The number of anilines is 1. The molecule has 0 aromatic carbocycles. The third kappa shape index (κ3) is 2.40. The molecule has 21 heavy (non-hydrogen) atoms. The van der Waals surface area contributed by atoms with Crippen LogP contribution in [0.2, 0.25) is 0 Å². The standard InChI is InChI=1S/C13H19N5O3/c14-13-16-11-10(12(21)17-13)15-6-18(11)9-2-1-7(4-19)8(3-9)5-20/h6-9,19-20H,1-5H2,(H3,14,16,17,21)/t7-,8-,9+/m1/s1. The number of fused-ring (bicyclic) bond motifs is 1. The zero-order valence-electron chi connectivity index (χ0n) is 11.6. The first-order valence-corrected chi connectivity index (χ1v) is 7.08. The average Bonchev–Trinajstić information content (AvgIpc) is 2.90. The first kappa shape index (κ1) is 14.0. The van der Waals surface area contributed by atoms with Crippen LogP contribution in [-0.2, 0) is 0 Å². The highest BCUT2D eigenvalue weighted by molar-refractivity contribution is 5.70. The van der Waals surface area contributed by atoms with E-state index in [-0.39, 0.29) is 48.1 Å². The van der Waals surface area contributed by atoms with Crippen LogP contribution in [0.4, 0.5) is 5.95 Å². The predicted octanol–water partition coefficient (Wildman–Crippen LogP) is -0.356. The Hall–Kier alpha value is -1.93. The Morgan fingerprint density at radius 3 is 2.81 bits per heavy atom. The van der Waals surface area contributed by atoms with Crippen molar-refractivity contribution in [3.63, 3.8) is 0 Å². The Bertz CT molecular complexity index is 695. The number of H-pyrrole nitrogens is 1. The Morgan fingerprint density at radius 2 is 2.10 bits per heavy atom. The highest BCUT2D eigenvalue weighted by Gasteiger charge is 2.31. The molecule has 0 aliphatic heterocycles. The lowest BCUT2D eigenvalue weighted by molar-refractivity contribution is 0.0678. The maximum Gasteiger partial charge on any atom is 0.280 e. The number of aliphatic hydroxyl groups excluding tert-OH is 2. The van der Waals surface area contributed by atoms with Gasteiger partial charge in [-0.1, -0.05) is 0 Å². The first-order chi connectivity index (χ1) is 10.1. The SMILES string of the molecule is Nc1nc2c(ncn2[C@H]2CC[C@H](CO)[C@@H](CO)C2)c(=O)[nH]1. The smallest absolute Gasteiger partial charge is 0.280 e. The van der Waals surface area contributed by atoms with E-state index in [1.165, 1.54) is 0 Å². The van der Waals surface area contributed by atoms with E-state index in [0.717, 1.165) is 19.3 Å². The fourth-order valence-corrected chi connectivity index (χ4v) is 3.23. The number of nitrogens with two attached hydrogens (primary N) is 1. The monoisotopic (exact) mass is 293 g/mol. The molecule has 0 spiro atoms. The molecule has 0 saturated heterocycles. The number of nitrogens with zero attached hydrogens (tertiary/aromatic N) is 3. The van der Waals surface area contributed by atoms with Gasteiger partial charge < -0.3 is 20.5 Å². The van der Waals surface area contributed by atoms with Crippen molar-refractivity contribution in [2.75, 3.05) is 18.9 Å². The van der Waals surface area contributed by atoms with Gasteiger partial charge >= 0.3 is 0 Å². The van der Waals surface area contributed by atoms with E-state index in [4.69, 9.17) is 5.73 Å². The molecule has 0 bridgehead atoms. The summed E-state index contributed by atoms with van der Waals surface area (Å²) < 4.78 is 1.86. The molecule has 2 aromatic heterocycles. The zero-order valence-corrected chi connectivity index (χ0v) is 11.6. The zero-order chi connectivity index (χ0) is 15.0. The van der Waals surface area contributed by atoms with Crippen molar-refractivity contribution in [1.29, 1.82) is 0 Å². The van der Waals surface area contributed by atoms with Gasteiger partial charge in [-0.2, -0.15) is 4.98 Å². The molecule has 1 fully saturated rings. The molecule has 2 heterocycles. The van der Waals surface area contributed by atoms with Crippen molar-refractivity contribution in [2.45, 2.75) is 25.3 Å². The van der Waals surface area contributed by atoms with Crippen LogP contribution in [0.25, 0.3) is 11.2 Å². The molecule has 0 unspecified atom stereocenters. The summed E-state index contributed by atoms with van der Waals surface area (Å²) in [5, 5.41) is 18.8. The van der Waals surface area contributed by atoms with E-state index >= 15 is 0 Å². The number of hydrogen-bond donors (Lipinski definition) is 4. The van der Waals surface area contributed by atoms with Gasteiger partial charge in [-0.25, -0.2) is 4.98 Å². The summed E-state index contributed by atoms with van der Waals surface area (Å²) in [4.78, 5) is 22.5. The second kappa shape index (κ2) is 5.45. The number of nitrogen functional groups attached to an aromatic ring is 1. The fraction of sp³-hybridized carbons (Fsp3) is 0.615. The fourth-order valence-electron chi connectivity index (χ4n) is 3.23. The minimum atomic E-state index is -0.348. The Balaban J connectivity index is 1.96. The molecular formula is C13H19N5O3. The number of aromatic amines is 1. The number of aliphatic hydroxyl groups is 2. The molecule has 1 aliphatic carbocycles. The highest BCUT2D eigenvalue weighted by Crippen LogP contribution is 2.37. The molecule has 8 heteroatoms. The van der Waals surface area contributed by atoms with Gasteiger partial charge in [-0.15, -0.1) is 0 Å². The summed E-state index contributed by atoms with van der Waals surface area (Å²) in [6, 6.07) is 0.101. The second-order valence-electron chi connectivity index (χ2n) is 5.63. The minimum Gasteiger partial charge on any atom is -0.396 e. The molecule has 2 aromatic rings. The van der Waals surface area contributed by atoms with Crippen molar-refractivity contribution < 1.29 is 10.2 Å². The molecule has 114 valence electrons. The average molecular weight is 293 g/mol. The Kier molecular flexibility index (Phi) is 3.64. The van der Waals surface area contributed by atoms with E-state index < -0.39 is 0 Å². The van der Waals surface area contributed by atoms with Crippen molar-refractivity contribution in [2.24, 2.45) is 11.8 Å². The van der Waals surface area contributed by atoms with Gasteiger partial charge in [0.05, 0.1) is 6.33 Å². The Morgan fingerprint density at radius 1 is 1.33 bits per heavy atom. The molecule has 0 amide bonds. The molecular weight excluding hydrogens is 274 g/mol. The number of nitrogens with one attached hydrogen (secondary N) is 1. The number of imidazole rings is 1. The highest BCUT2D eigenvalue weighted by atomic mass is 16.3. The van der Waals surface area contributed by atoms with Crippen molar-refractivity contribution >= 4 is 17.1 Å². The number of rotatable bonds is 3. The van der Waals surface area contributed by atoms with Gasteiger partial charge in [-0.05, 0) is 31.1 Å². The first-order valence-electron chi connectivity index (χ1n) is 7.08. The third-order valence-corrected chi connectivity index (χ3v) is 4.43. The lowest BCUT2D eigenvalue weighted by Crippen LogP contribution is -2.31. The van der Waals surface area contributed by atoms with Crippen molar-refractivity contribution in [1.82, 2.24) is 19.5 Å². The second-order valence-corrected chi connectivity index (χ2v) is 5.63. The van der Waals surface area contributed by atoms with Crippen LogP contribution >= 0.6 is 0 Å². The third-order valence-electron chi connectivity index (χ3n) is 4.43. The maximum atomic E-state index is 11.8. The number of aromatic nitrogens is 4. The van der Waals surface area contributed by atoms with Gasteiger partial charge in [0.2, 0.25) is 5.95 Å². The van der Waals surface area contributed by atoms with Gasteiger partial charge in [0.1, 0.15) is 0 Å². The van der Waals surface area contributed by atoms with Gasteiger partial charge in [0.15, 0.2) is 11.2 Å². The van der Waals surface area contributed by atoms with E-state index in [0.29, 0.717) is 5.65 Å². The van der Waals surface area contributed by atoms with Gasteiger partial charge in [-0.3, -0.25) is 9.78 Å². The number of hydrogen-bond acceptors (Lipinski definition) is 6. The maximum absolute atomic E-state index is 11.8. The van der Waals surface area contributed by atoms with E-state index in [1.807, 2.05) is 4.57 Å². The van der Waals surface area contributed by atoms with Crippen LogP contribution in [0.15, 0.2) is 11.1 Å². The summed E-state index contributed by atoms with van der Waals surface area (Å²) in [7, 11) is 0. The summed E-state index contributed by atoms with van der Waals surface area (Å²) >= 11 is 0. The summed E-state index contributed by atoms with van der Waals surface area (Å²) in [5.41, 5.74) is 6.00. The lowest BCUT2D eigenvalue weighted by atomic mass is 9.77. The van der Waals surface area contributed by atoms with E-state index in [2.05, 4.69) is 15.0 Å². The summed E-state index contributed by atoms with van der Waals surface area (Å²) in [6.45, 7) is 0.137. The topological polar surface area (TPSA) is 130 Å². The molecule has 1 aliphatic rings. The van der Waals surface area contributed by atoms with Crippen LogP contribution in [0, 0.1) is 11.8 Å². The predicted molar refractivity (Wildman–Crippen MR) is 76.6 cm³/mol. The summed E-state index contributed by atoms with van der Waals surface area (Å²) in [6.07, 6.45) is 4.00. The van der Waals surface area contributed by atoms with E-state index in [9.17, 15) is 15.0 Å². The minimum absolute atomic E-state index is 0.0461. The molecule has 5 N–H and O–H groups in total. The summed E-state index contributed by atoms with van der Waals surface area (Å²) in [5.74, 6) is 0.241. The van der Waals surface area contributed by atoms with Crippen molar-refractivity contribution in [3.05, 3.63) is 16.7 Å². The molecule has 8 nitrogen and oxygen atoms in total. The van der Waals surface area contributed by atoms with Crippen LogP contribution in [-0.4, -0.2) is 42.9 Å². The van der Waals surface area contributed by atoms with Crippen molar-refractivity contribution in [3.8, 4) is 0 Å². The van der Waals surface area contributed by atoms with Gasteiger partial charge in [0.25, 0.3) is 5.56 Å². The van der Waals surface area contributed by atoms with Crippen LogP contribution in [0.1, 0.15) is 25.3 Å². The van der Waals surface area contributed by atoms with Crippen LogP contribution in [0.5, 0.6) is 0 Å². The molecule has 3 rings (SSSR count). The van der Waals surface area contributed by atoms with Crippen LogP contribution < -0.4 is 11.3 Å². The van der Waals surface area contributed by atoms with Gasteiger partial charge in [0, 0.05) is 19.3 Å². The molecule has 0 radical (unpaired) electrons. The largest absolute Gasteiger partial charge is 0.396 e.